The Hall–Kier alpha value is -0.610. The number of hydrogen-bond donors (Lipinski definition) is 3. The molecule has 0 aliphatic carbocycles. The number of carboxylic acid groups (broad SMARTS) is 1. The summed E-state index contributed by atoms with van der Waals surface area (Å²) in [4.78, 5) is 11.1. The average molecular weight is 229 g/mol. The van der Waals surface area contributed by atoms with E-state index < -0.39 is 18.0 Å². The van der Waals surface area contributed by atoms with Crippen LogP contribution in [0.2, 0.25) is 0 Å². The van der Waals surface area contributed by atoms with Gasteiger partial charge in [-0.05, 0) is 38.3 Å². The molecule has 4 heteroatoms. The minimum Gasteiger partial charge on any atom is -0.481 e. The zero-order valence-electron chi connectivity index (χ0n) is 9.98. The maximum atomic E-state index is 11.1. The number of piperidine rings is 1. The second kappa shape index (κ2) is 6.86. The molecule has 16 heavy (non-hydrogen) atoms. The Morgan fingerprint density at radius 3 is 2.56 bits per heavy atom. The smallest absolute Gasteiger partial charge is 0.309 e. The molecule has 0 aromatic rings. The number of aliphatic hydroxyl groups is 1. The summed E-state index contributed by atoms with van der Waals surface area (Å²) in [5.74, 6) is -1.28. The Bertz CT molecular complexity index is 214. The van der Waals surface area contributed by atoms with Gasteiger partial charge in [-0.3, -0.25) is 4.79 Å². The summed E-state index contributed by atoms with van der Waals surface area (Å²) >= 11 is 0. The number of aliphatic carboxylic acids is 1. The van der Waals surface area contributed by atoms with Crippen molar-refractivity contribution >= 4 is 5.97 Å². The van der Waals surface area contributed by atoms with Gasteiger partial charge in [-0.15, -0.1) is 0 Å². The Morgan fingerprint density at radius 2 is 2.06 bits per heavy atom. The van der Waals surface area contributed by atoms with Crippen LogP contribution in [0.5, 0.6) is 0 Å². The zero-order chi connectivity index (χ0) is 12.0. The van der Waals surface area contributed by atoms with E-state index in [9.17, 15) is 9.90 Å². The van der Waals surface area contributed by atoms with Crippen LogP contribution in [0.15, 0.2) is 0 Å². The molecule has 1 fully saturated rings. The molecule has 1 aliphatic heterocycles. The number of rotatable bonds is 6. The second-order valence-electron chi connectivity index (χ2n) is 4.66. The molecule has 2 unspecified atom stereocenters. The van der Waals surface area contributed by atoms with Gasteiger partial charge >= 0.3 is 5.97 Å². The van der Waals surface area contributed by atoms with Crippen molar-refractivity contribution in [3.05, 3.63) is 0 Å². The lowest BCUT2D eigenvalue weighted by molar-refractivity contribution is -0.148. The van der Waals surface area contributed by atoms with Crippen LogP contribution in [0.25, 0.3) is 0 Å². The van der Waals surface area contributed by atoms with Gasteiger partial charge in [-0.2, -0.15) is 0 Å². The van der Waals surface area contributed by atoms with Gasteiger partial charge < -0.3 is 15.5 Å². The van der Waals surface area contributed by atoms with Gasteiger partial charge in [0.15, 0.2) is 0 Å². The third-order valence-corrected chi connectivity index (χ3v) is 3.46. The highest BCUT2D eigenvalue weighted by molar-refractivity contribution is 5.70. The van der Waals surface area contributed by atoms with Crippen molar-refractivity contribution in [2.24, 2.45) is 11.8 Å². The molecule has 1 heterocycles. The lowest BCUT2D eigenvalue weighted by Crippen LogP contribution is -2.40. The predicted octanol–water partition coefficient (Wildman–Crippen LogP) is 1.24. The SMILES string of the molecule is CCCCC(C(=O)O)C(O)C1CCNCC1. The summed E-state index contributed by atoms with van der Waals surface area (Å²) in [7, 11) is 0. The molecule has 1 saturated heterocycles. The first-order valence-corrected chi connectivity index (χ1v) is 6.28. The maximum Gasteiger partial charge on any atom is 0.309 e. The first-order chi connectivity index (χ1) is 7.66. The number of unbranched alkanes of at least 4 members (excludes halogenated alkanes) is 1. The van der Waals surface area contributed by atoms with Crippen molar-refractivity contribution in [2.45, 2.75) is 45.1 Å². The molecular weight excluding hydrogens is 206 g/mol. The lowest BCUT2D eigenvalue weighted by Gasteiger charge is -2.30. The van der Waals surface area contributed by atoms with Crippen LogP contribution >= 0.6 is 0 Å². The number of hydrogen-bond acceptors (Lipinski definition) is 3. The van der Waals surface area contributed by atoms with E-state index in [2.05, 4.69) is 5.32 Å². The normalized spacial score (nSPS) is 21.6. The Labute approximate surface area is 97.0 Å². The van der Waals surface area contributed by atoms with Gasteiger partial charge in [-0.1, -0.05) is 19.8 Å². The van der Waals surface area contributed by atoms with E-state index in [1.165, 1.54) is 0 Å². The number of nitrogens with one attached hydrogen (secondary N) is 1. The summed E-state index contributed by atoms with van der Waals surface area (Å²) < 4.78 is 0. The fourth-order valence-corrected chi connectivity index (χ4v) is 2.38. The summed E-state index contributed by atoms with van der Waals surface area (Å²) in [6.45, 7) is 3.82. The molecule has 0 aromatic carbocycles. The van der Waals surface area contributed by atoms with E-state index in [4.69, 9.17) is 5.11 Å². The van der Waals surface area contributed by atoms with E-state index in [1.54, 1.807) is 0 Å². The van der Waals surface area contributed by atoms with Crippen LogP contribution in [-0.2, 0) is 4.79 Å². The van der Waals surface area contributed by atoms with Crippen molar-refractivity contribution in [3.63, 3.8) is 0 Å². The first kappa shape index (κ1) is 13.5. The van der Waals surface area contributed by atoms with E-state index >= 15 is 0 Å². The molecule has 0 spiro atoms. The zero-order valence-corrected chi connectivity index (χ0v) is 9.98. The standard InChI is InChI=1S/C12H23NO3/c1-2-3-4-10(12(15)16)11(14)9-5-7-13-8-6-9/h9-11,13-14H,2-8H2,1H3,(H,15,16). The van der Waals surface area contributed by atoms with Crippen molar-refractivity contribution in [2.75, 3.05) is 13.1 Å². The van der Waals surface area contributed by atoms with Crippen LogP contribution in [-0.4, -0.2) is 35.4 Å². The monoisotopic (exact) mass is 229 g/mol. The Balaban J connectivity index is 2.50. The van der Waals surface area contributed by atoms with Crippen molar-refractivity contribution in [1.82, 2.24) is 5.32 Å². The summed E-state index contributed by atoms with van der Waals surface area (Å²) in [5, 5.41) is 22.5. The highest BCUT2D eigenvalue weighted by Crippen LogP contribution is 2.25. The van der Waals surface area contributed by atoms with Crippen LogP contribution in [0, 0.1) is 11.8 Å². The molecule has 0 radical (unpaired) electrons. The molecule has 3 N–H and O–H groups in total. The Kier molecular flexibility index (Phi) is 5.77. The van der Waals surface area contributed by atoms with Gasteiger partial charge in [0.05, 0.1) is 12.0 Å². The van der Waals surface area contributed by atoms with Crippen LogP contribution in [0.4, 0.5) is 0 Å². The van der Waals surface area contributed by atoms with E-state index in [1.807, 2.05) is 6.92 Å². The fraction of sp³-hybridized carbons (Fsp3) is 0.917. The average Bonchev–Trinajstić information content (AvgIpc) is 2.30. The summed E-state index contributed by atoms with van der Waals surface area (Å²) in [6.07, 6.45) is 3.54. The quantitative estimate of drug-likeness (QED) is 0.641. The van der Waals surface area contributed by atoms with Crippen LogP contribution in [0.1, 0.15) is 39.0 Å². The topological polar surface area (TPSA) is 69.6 Å². The molecule has 94 valence electrons. The number of carbonyl (C=O) groups is 1. The van der Waals surface area contributed by atoms with Crippen LogP contribution in [0.3, 0.4) is 0 Å². The van der Waals surface area contributed by atoms with E-state index in [0.717, 1.165) is 38.8 Å². The van der Waals surface area contributed by atoms with Crippen molar-refractivity contribution in [1.29, 1.82) is 0 Å². The number of carboxylic acids is 1. The lowest BCUT2D eigenvalue weighted by atomic mass is 9.82. The van der Waals surface area contributed by atoms with Gasteiger partial charge in [0.2, 0.25) is 0 Å². The van der Waals surface area contributed by atoms with Gasteiger partial charge in [0.25, 0.3) is 0 Å². The van der Waals surface area contributed by atoms with Crippen molar-refractivity contribution in [3.8, 4) is 0 Å². The fourth-order valence-electron chi connectivity index (χ4n) is 2.38. The minimum atomic E-state index is -0.848. The first-order valence-electron chi connectivity index (χ1n) is 6.28. The molecule has 4 nitrogen and oxygen atoms in total. The summed E-state index contributed by atoms with van der Waals surface area (Å²) in [5.41, 5.74) is 0. The molecule has 1 rings (SSSR count). The molecule has 0 aromatic heterocycles. The molecule has 0 bridgehead atoms. The van der Waals surface area contributed by atoms with E-state index in [0.29, 0.717) is 6.42 Å². The van der Waals surface area contributed by atoms with Crippen molar-refractivity contribution < 1.29 is 15.0 Å². The van der Waals surface area contributed by atoms with E-state index in [-0.39, 0.29) is 5.92 Å². The Morgan fingerprint density at radius 1 is 1.44 bits per heavy atom. The molecule has 1 aliphatic rings. The third-order valence-electron chi connectivity index (χ3n) is 3.46. The molecule has 0 amide bonds. The van der Waals surface area contributed by atoms with Crippen LogP contribution < -0.4 is 5.32 Å². The minimum absolute atomic E-state index is 0.152. The highest BCUT2D eigenvalue weighted by atomic mass is 16.4. The van der Waals surface area contributed by atoms with Gasteiger partial charge in [0, 0.05) is 0 Å². The van der Waals surface area contributed by atoms with Gasteiger partial charge in [-0.25, -0.2) is 0 Å². The predicted molar refractivity (Wildman–Crippen MR) is 62.3 cm³/mol. The maximum absolute atomic E-state index is 11.1. The largest absolute Gasteiger partial charge is 0.481 e. The second-order valence-corrected chi connectivity index (χ2v) is 4.66. The molecule has 0 saturated carbocycles. The summed E-state index contributed by atoms with van der Waals surface area (Å²) in [6, 6.07) is 0. The third kappa shape index (κ3) is 3.76. The molecular formula is C12H23NO3. The van der Waals surface area contributed by atoms with Gasteiger partial charge in [0.1, 0.15) is 0 Å². The highest BCUT2D eigenvalue weighted by Gasteiger charge is 2.32. The molecule has 2 atom stereocenters. The number of aliphatic hydroxyl groups excluding tert-OH is 1.